The minimum absolute atomic E-state index is 0.0976. The van der Waals surface area contributed by atoms with Gasteiger partial charge in [0.25, 0.3) is 5.91 Å². The Labute approximate surface area is 217 Å². The predicted molar refractivity (Wildman–Crippen MR) is 129 cm³/mol. The van der Waals surface area contributed by atoms with Gasteiger partial charge in [0.05, 0.1) is 19.3 Å². The average molecular weight is 540 g/mol. The Hall–Kier alpha value is -2.82. The molecule has 8 unspecified atom stereocenters. The fraction of sp³-hybridized carbons (Fsp3) is 0.583. The van der Waals surface area contributed by atoms with Gasteiger partial charge in [-0.05, 0) is 30.2 Å². The van der Waals surface area contributed by atoms with E-state index in [9.17, 15) is 40.2 Å². The van der Waals surface area contributed by atoms with Crippen LogP contribution in [0.3, 0.4) is 0 Å². The Balaban J connectivity index is 1.42. The van der Waals surface area contributed by atoms with E-state index in [1.165, 1.54) is 6.92 Å². The van der Waals surface area contributed by atoms with Gasteiger partial charge in [-0.1, -0.05) is 0 Å². The van der Waals surface area contributed by atoms with Gasteiger partial charge < -0.3 is 60.5 Å². The summed E-state index contributed by atoms with van der Waals surface area (Å²) in [7, 11) is 0. The first-order chi connectivity index (χ1) is 18.1. The van der Waals surface area contributed by atoms with E-state index in [4.69, 9.17) is 14.2 Å². The van der Waals surface area contributed by atoms with Crippen LogP contribution in [0.25, 0.3) is 10.9 Å². The molecule has 2 aromatic rings. The van der Waals surface area contributed by atoms with Crippen molar-refractivity contribution >= 4 is 22.7 Å². The highest BCUT2D eigenvalue weighted by molar-refractivity contribution is 5.85. The number of ether oxygens (including phenoxy) is 3. The number of aromatic hydroxyl groups is 1. The molecule has 0 bridgehead atoms. The number of phenolic OH excluding ortho intramolecular Hbond substituents is 1. The van der Waals surface area contributed by atoms with E-state index in [0.717, 1.165) is 16.5 Å². The molecular formula is C24H33N3O11. The second kappa shape index (κ2) is 11.9. The van der Waals surface area contributed by atoms with Crippen molar-refractivity contribution in [3.05, 3.63) is 30.0 Å². The maximum atomic E-state index is 12.9. The van der Waals surface area contributed by atoms with Crippen molar-refractivity contribution in [2.24, 2.45) is 0 Å². The highest BCUT2D eigenvalue weighted by Crippen LogP contribution is 2.28. The van der Waals surface area contributed by atoms with Crippen LogP contribution in [-0.2, 0) is 30.2 Å². The lowest BCUT2D eigenvalue weighted by Gasteiger charge is -2.45. The van der Waals surface area contributed by atoms with Gasteiger partial charge in [0, 0.05) is 30.6 Å². The maximum absolute atomic E-state index is 12.9. The molecule has 210 valence electrons. The smallest absolute Gasteiger partial charge is 0.252 e. The molecule has 2 aliphatic heterocycles. The average Bonchev–Trinajstić information content (AvgIpc) is 3.27. The number of phenols is 1. The van der Waals surface area contributed by atoms with Crippen LogP contribution in [0.15, 0.2) is 24.4 Å². The number of H-pyrrole nitrogens is 1. The summed E-state index contributed by atoms with van der Waals surface area (Å²) < 4.78 is 16.6. The minimum Gasteiger partial charge on any atom is -0.508 e. The molecule has 2 saturated heterocycles. The first-order valence-electron chi connectivity index (χ1n) is 12.2. The van der Waals surface area contributed by atoms with Gasteiger partial charge in [0.15, 0.2) is 12.4 Å². The number of amides is 2. The van der Waals surface area contributed by atoms with Gasteiger partial charge in [0.1, 0.15) is 42.4 Å². The van der Waals surface area contributed by atoms with E-state index in [1.54, 1.807) is 24.4 Å². The Morgan fingerprint density at radius 2 is 1.89 bits per heavy atom. The molecule has 14 nitrogen and oxygen atoms in total. The Morgan fingerprint density at radius 1 is 1.13 bits per heavy atom. The number of benzene rings is 1. The molecule has 9 atom stereocenters. The highest BCUT2D eigenvalue weighted by Gasteiger charge is 2.50. The Kier molecular flexibility index (Phi) is 8.85. The van der Waals surface area contributed by atoms with Gasteiger partial charge in [-0.25, -0.2) is 0 Å². The van der Waals surface area contributed by atoms with E-state index >= 15 is 0 Å². The largest absolute Gasteiger partial charge is 0.508 e. The standard InChI is InChI=1S/C24H33N3O11/c1-10(29)27-15-9-36-16(8-28)17(31)21(15)37-24-20(34)18(32)19(33)22(38-24)23(35)25-5-4-11-7-26-14-3-2-12(30)6-13(11)14/h2-3,6-7,15-22,24,26,28,30-34H,4-5,8-9H2,1H3,(H,25,35)(H,27,29)/t15-,16?,17?,18?,19?,20?,21?,22?,24?/m1/s1. The lowest BCUT2D eigenvalue weighted by Crippen LogP contribution is -2.66. The van der Waals surface area contributed by atoms with E-state index in [-0.39, 0.29) is 18.9 Å². The number of aromatic nitrogens is 1. The van der Waals surface area contributed by atoms with Crippen molar-refractivity contribution in [2.45, 2.75) is 68.4 Å². The van der Waals surface area contributed by atoms with E-state index < -0.39 is 73.5 Å². The van der Waals surface area contributed by atoms with Gasteiger partial charge in [0.2, 0.25) is 5.91 Å². The lowest BCUT2D eigenvalue weighted by molar-refractivity contribution is -0.319. The molecule has 38 heavy (non-hydrogen) atoms. The van der Waals surface area contributed by atoms with Gasteiger partial charge >= 0.3 is 0 Å². The second-order valence-corrected chi connectivity index (χ2v) is 9.43. The zero-order valence-corrected chi connectivity index (χ0v) is 20.6. The summed E-state index contributed by atoms with van der Waals surface area (Å²) in [5.41, 5.74) is 1.64. The fourth-order valence-electron chi connectivity index (χ4n) is 4.72. The van der Waals surface area contributed by atoms with Crippen molar-refractivity contribution < 1.29 is 54.4 Å². The number of hydrogen-bond donors (Lipinski definition) is 9. The maximum Gasteiger partial charge on any atom is 0.252 e. The van der Waals surface area contributed by atoms with Gasteiger partial charge in [-0.2, -0.15) is 0 Å². The molecule has 3 heterocycles. The number of fused-ring (bicyclic) bond motifs is 1. The zero-order valence-electron chi connectivity index (χ0n) is 20.6. The summed E-state index contributed by atoms with van der Waals surface area (Å²) in [6, 6.07) is 3.97. The molecule has 0 spiro atoms. The van der Waals surface area contributed by atoms with Crippen LogP contribution in [-0.4, -0.2) is 122 Å². The van der Waals surface area contributed by atoms with Gasteiger partial charge in [-0.3, -0.25) is 9.59 Å². The quantitative estimate of drug-likeness (QED) is 0.164. The summed E-state index contributed by atoms with van der Waals surface area (Å²) in [6.07, 6.45) is -10.3. The summed E-state index contributed by atoms with van der Waals surface area (Å²) in [6.45, 7) is 0.688. The number of rotatable bonds is 8. The fourth-order valence-corrected chi connectivity index (χ4v) is 4.72. The molecule has 2 amide bonds. The third-order valence-corrected chi connectivity index (χ3v) is 6.74. The van der Waals surface area contributed by atoms with Gasteiger partial charge in [-0.15, -0.1) is 0 Å². The number of nitrogens with one attached hydrogen (secondary N) is 3. The van der Waals surface area contributed by atoms with Crippen molar-refractivity contribution in [1.82, 2.24) is 15.6 Å². The van der Waals surface area contributed by atoms with Crippen LogP contribution in [0, 0.1) is 0 Å². The molecule has 2 aliphatic rings. The molecule has 2 fully saturated rings. The molecule has 9 N–H and O–H groups in total. The lowest BCUT2D eigenvalue weighted by atomic mass is 9.96. The number of hydrogen-bond acceptors (Lipinski definition) is 11. The van der Waals surface area contributed by atoms with Crippen LogP contribution in [0.4, 0.5) is 0 Å². The molecule has 4 rings (SSSR count). The molecule has 0 saturated carbocycles. The molecule has 14 heteroatoms. The van der Waals surface area contributed by atoms with Crippen molar-refractivity contribution in [3.8, 4) is 5.75 Å². The third-order valence-electron chi connectivity index (χ3n) is 6.74. The van der Waals surface area contributed by atoms with E-state index in [0.29, 0.717) is 6.42 Å². The number of aliphatic hydroxyl groups excluding tert-OH is 5. The first-order valence-corrected chi connectivity index (χ1v) is 12.2. The van der Waals surface area contributed by atoms with Crippen LogP contribution in [0.1, 0.15) is 12.5 Å². The summed E-state index contributed by atoms with van der Waals surface area (Å²) >= 11 is 0. The van der Waals surface area contributed by atoms with Crippen LogP contribution in [0.2, 0.25) is 0 Å². The molecule has 1 aromatic carbocycles. The number of carbonyl (C=O) groups excluding carboxylic acids is 2. The van der Waals surface area contributed by atoms with Crippen LogP contribution >= 0.6 is 0 Å². The summed E-state index contributed by atoms with van der Waals surface area (Å²) in [5, 5.41) is 67.1. The van der Waals surface area contributed by atoms with Crippen molar-refractivity contribution in [2.75, 3.05) is 19.8 Å². The minimum atomic E-state index is -1.83. The number of carbonyl (C=O) groups is 2. The molecule has 0 aliphatic carbocycles. The van der Waals surface area contributed by atoms with Crippen LogP contribution in [0.5, 0.6) is 5.75 Å². The predicted octanol–water partition coefficient (Wildman–Crippen LogP) is -3.02. The zero-order chi connectivity index (χ0) is 27.6. The normalized spacial score (nSPS) is 33.7. The summed E-state index contributed by atoms with van der Waals surface area (Å²) in [4.78, 5) is 27.5. The Bertz CT molecular complexity index is 1130. The Morgan fingerprint density at radius 3 is 2.61 bits per heavy atom. The van der Waals surface area contributed by atoms with Crippen molar-refractivity contribution in [3.63, 3.8) is 0 Å². The summed E-state index contributed by atoms with van der Waals surface area (Å²) in [5.74, 6) is -1.13. The topological polar surface area (TPSA) is 223 Å². The molecular weight excluding hydrogens is 506 g/mol. The molecule has 1 aromatic heterocycles. The first kappa shape index (κ1) is 28.2. The SMILES string of the molecule is CC(=O)N[C@@H]1COC(CO)C(O)C1OC1OC(C(=O)NCCc2c[nH]c3ccc(O)cc23)C(O)C(O)C1O. The third kappa shape index (κ3) is 5.92. The van der Waals surface area contributed by atoms with E-state index in [2.05, 4.69) is 15.6 Å². The van der Waals surface area contributed by atoms with Crippen LogP contribution < -0.4 is 10.6 Å². The number of aromatic amines is 1. The van der Waals surface area contributed by atoms with E-state index in [1.807, 2.05) is 0 Å². The monoisotopic (exact) mass is 539 g/mol. The second-order valence-electron chi connectivity index (χ2n) is 9.43. The highest BCUT2D eigenvalue weighted by atomic mass is 16.7. The number of aliphatic hydroxyl groups is 5. The molecule has 0 radical (unpaired) electrons. The van der Waals surface area contributed by atoms with Crippen molar-refractivity contribution in [1.29, 1.82) is 0 Å².